The van der Waals surface area contributed by atoms with Crippen LogP contribution in [0.3, 0.4) is 0 Å². The molecule has 20 heavy (non-hydrogen) atoms. The van der Waals surface area contributed by atoms with Crippen molar-refractivity contribution in [3.63, 3.8) is 0 Å². The first-order chi connectivity index (χ1) is 9.56. The molecule has 1 heterocycles. The minimum absolute atomic E-state index is 0.169. The summed E-state index contributed by atoms with van der Waals surface area (Å²) in [5.74, 6) is 6.68. The van der Waals surface area contributed by atoms with Crippen LogP contribution in [0, 0.1) is 5.92 Å². The Balaban J connectivity index is 2.10. The van der Waals surface area contributed by atoms with E-state index in [2.05, 4.69) is 27.6 Å². The van der Waals surface area contributed by atoms with E-state index in [1.807, 2.05) is 13.8 Å². The maximum atomic E-state index is 12.3. The lowest BCUT2D eigenvalue weighted by Crippen LogP contribution is -2.29. The Morgan fingerprint density at radius 3 is 2.90 bits per heavy atom. The maximum absolute atomic E-state index is 12.3. The van der Waals surface area contributed by atoms with Crippen LogP contribution in [-0.2, 0) is 0 Å². The number of hydrogen-bond donors (Lipinski definition) is 3. The number of rotatable bonds is 6. The molecule has 0 aliphatic heterocycles. The van der Waals surface area contributed by atoms with E-state index in [-0.39, 0.29) is 17.9 Å². The van der Waals surface area contributed by atoms with Gasteiger partial charge in [0.15, 0.2) is 5.69 Å². The van der Waals surface area contributed by atoms with E-state index in [0.717, 1.165) is 19.3 Å². The molecule has 1 aliphatic rings. The Bertz CT molecular complexity index is 488. The number of carbonyl (C=O) groups is 1. The average molecular weight is 277 g/mol. The van der Waals surface area contributed by atoms with Gasteiger partial charge in [-0.3, -0.25) is 10.6 Å². The molecule has 1 fully saturated rings. The van der Waals surface area contributed by atoms with Crippen molar-refractivity contribution < 1.29 is 4.79 Å². The molecule has 2 atom stereocenters. The molecule has 2 unspecified atom stereocenters. The molecule has 1 saturated carbocycles. The first-order valence-electron chi connectivity index (χ1n) is 7.21. The van der Waals surface area contributed by atoms with Crippen LogP contribution in [0.4, 0.5) is 5.69 Å². The number of nitrogens with one attached hydrogen (secondary N) is 2. The number of anilines is 1. The van der Waals surface area contributed by atoms with Crippen LogP contribution in [0.15, 0.2) is 6.20 Å². The molecule has 0 spiro atoms. The molecule has 6 heteroatoms. The fourth-order valence-corrected chi connectivity index (χ4v) is 2.30. The standard InChI is InChI=1S/C14H23N5O/c1-4-5-9-6-10(9)17-14(20)12-11(19-15)7-16-13(18-12)8(2)3/h7-10,19H,4-6,15H2,1-3H3,(H,17,20). The number of carbonyl (C=O) groups excluding carboxylic acids is 1. The normalized spacial score (nSPS) is 20.9. The Hall–Kier alpha value is -1.69. The monoisotopic (exact) mass is 277 g/mol. The van der Waals surface area contributed by atoms with E-state index in [9.17, 15) is 4.79 Å². The zero-order valence-corrected chi connectivity index (χ0v) is 12.3. The van der Waals surface area contributed by atoms with Crippen LogP contribution < -0.4 is 16.6 Å². The van der Waals surface area contributed by atoms with Crippen molar-refractivity contribution >= 4 is 11.6 Å². The molecule has 1 aromatic rings. The molecule has 1 amide bonds. The summed E-state index contributed by atoms with van der Waals surface area (Å²) in [5, 5.41) is 3.02. The molecule has 110 valence electrons. The van der Waals surface area contributed by atoms with Gasteiger partial charge in [0.25, 0.3) is 5.91 Å². The Kier molecular flexibility index (Phi) is 4.54. The largest absolute Gasteiger partial charge is 0.348 e. The highest BCUT2D eigenvalue weighted by molar-refractivity contribution is 5.97. The first kappa shape index (κ1) is 14.7. The number of amides is 1. The average Bonchev–Trinajstić information content (AvgIpc) is 3.16. The Morgan fingerprint density at radius 1 is 1.55 bits per heavy atom. The lowest BCUT2D eigenvalue weighted by Gasteiger charge is -2.11. The smallest absolute Gasteiger partial charge is 0.272 e. The molecule has 2 rings (SSSR count). The predicted octanol–water partition coefficient (Wildman–Crippen LogP) is 1.80. The molecule has 1 aromatic heterocycles. The summed E-state index contributed by atoms with van der Waals surface area (Å²) in [7, 11) is 0. The minimum atomic E-state index is -0.175. The van der Waals surface area contributed by atoms with E-state index < -0.39 is 0 Å². The number of hydrazine groups is 1. The summed E-state index contributed by atoms with van der Waals surface area (Å²) in [6.45, 7) is 6.14. The second kappa shape index (κ2) is 6.17. The van der Waals surface area contributed by atoms with Crippen molar-refractivity contribution in [3.8, 4) is 0 Å². The molecule has 1 aliphatic carbocycles. The number of nitrogens with zero attached hydrogens (tertiary/aromatic N) is 2. The van der Waals surface area contributed by atoms with Crippen molar-refractivity contribution in [1.29, 1.82) is 0 Å². The molecule has 0 bridgehead atoms. The number of nitrogens with two attached hydrogens (primary N) is 1. The van der Waals surface area contributed by atoms with Gasteiger partial charge in [-0.05, 0) is 18.8 Å². The SMILES string of the molecule is CCCC1CC1NC(=O)c1nc(C(C)C)ncc1NN. The van der Waals surface area contributed by atoms with Gasteiger partial charge in [-0.15, -0.1) is 0 Å². The summed E-state index contributed by atoms with van der Waals surface area (Å²) >= 11 is 0. The van der Waals surface area contributed by atoms with E-state index in [1.165, 1.54) is 0 Å². The second-order valence-electron chi connectivity index (χ2n) is 5.65. The molecular formula is C14H23N5O. The fourth-order valence-electron chi connectivity index (χ4n) is 2.30. The summed E-state index contributed by atoms with van der Waals surface area (Å²) in [6, 6.07) is 0.283. The fraction of sp³-hybridized carbons (Fsp3) is 0.643. The third kappa shape index (κ3) is 3.25. The van der Waals surface area contributed by atoms with Crippen LogP contribution in [0.2, 0.25) is 0 Å². The van der Waals surface area contributed by atoms with Gasteiger partial charge in [0.05, 0.1) is 11.9 Å². The van der Waals surface area contributed by atoms with Gasteiger partial charge in [0, 0.05) is 12.0 Å². The van der Waals surface area contributed by atoms with Gasteiger partial charge >= 0.3 is 0 Å². The Labute approximate surface area is 119 Å². The molecule has 4 N–H and O–H groups in total. The van der Waals surface area contributed by atoms with E-state index in [1.54, 1.807) is 6.20 Å². The van der Waals surface area contributed by atoms with E-state index >= 15 is 0 Å². The van der Waals surface area contributed by atoms with Crippen LogP contribution in [0.5, 0.6) is 0 Å². The van der Waals surface area contributed by atoms with Gasteiger partial charge < -0.3 is 10.7 Å². The lowest BCUT2D eigenvalue weighted by atomic mass is 10.2. The van der Waals surface area contributed by atoms with Crippen LogP contribution in [0.25, 0.3) is 0 Å². The number of aromatic nitrogens is 2. The van der Waals surface area contributed by atoms with Gasteiger partial charge in [0.1, 0.15) is 5.82 Å². The van der Waals surface area contributed by atoms with Crippen molar-refractivity contribution in [2.45, 2.75) is 52.0 Å². The summed E-state index contributed by atoms with van der Waals surface area (Å²) < 4.78 is 0. The quantitative estimate of drug-likeness (QED) is 0.544. The van der Waals surface area contributed by atoms with Gasteiger partial charge in [-0.25, -0.2) is 9.97 Å². The van der Waals surface area contributed by atoms with Gasteiger partial charge in [0.2, 0.25) is 0 Å². The van der Waals surface area contributed by atoms with Crippen LogP contribution in [-0.4, -0.2) is 21.9 Å². The zero-order chi connectivity index (χ0) is 14.7. The molecule has 0 saturated heterocycles. The highest BCUT2D eigenvalue weighted by Gasteiger charge is 2.37. The van der Waals surface area contributed by atoms with Crippen LogP contribution >= 0.6 is 0 Å². The van der Waals surface area contributed by atoms with Crippen LogP contribution in [0.1, 0.15) is 62.3 Å². The highest BCUT2D eigenvalue weighted by atomic mass is 16.2. The van der Waals surface area contributed by atoms with E-state index in [0.29, 0.717) is 23.1 Å². The molecule has 6 nitrogen and oxygen atoms in total. The number of nitrogen functional groups attached to an aromatic ring is 1. The summed E-state index contributed by atoms with van der Waals surface area (Å²) in [5.41, 5.74) is 3.27. The Morgan fingerprint density at radius 2 is 2.30 bits per heavy atom. The van der Waals surface area contributed by atoms with Crippen molar-refractivity contribution in [2.24, 2.45) is 11.8 Å². The molecular weight excluding hydrogens is 254 g/mol. The summed E-state index contributed by atoms with van der Waals surface area (Å²) in [6.07, 6.45) is 4.94. The highest BCUT2D eigenvalue weighted by Crippen LogP contribution is 2.34. The van der Waals surface area contributed by atoms with Crippen molar-refractivity contribution in [1.82, 2.24) is 15.3 Å². The number of hydrogen-bond acceptors (Lipinski definition) is 5. The van der Waals surface area contributed by atoms with Gasteiger partial charge in [-0.2, -0.15) is 0 Å². The third-order valence-corrected chi connectivity index (χ3v) is 3.59. The van der Waals surface area contributed by atoms with Crippen molar-refractivity contribution in [3.05, 3.63) is 17.7 Å². The minimum Gasteiger partial charge on any atom is -0.348 e. The van der Waals surface area contributed by atoms with Crippen molar-refractivity contribution in [2.75, 3.05) is 5.43 Å². The lowest BCUT2D eigenvalue weighted by molar-refractivity contribution is 0.0944. The van der Waals surface area contributed by atoms with E-state index in [4.69, 9.17) is 5.84 Å². The summed E-state index contributed by atoms with van der Waals surface area (Å²) in [4.78, 5) is 20.8. The topological polar surface area (TPSA) is 92.9 Å². The van der Waals surface area contributed by atoms with Gasteiger partial charge in [-0.1, -0.05) is 27.2 Å². The predicted molar refractivity (Wildman–Crippen MR) is 78.2 cm³/mol. The second-order valence-corrected chi connectivity index (χ2v) is 5.65. The molecule has 0 radical (unpaired) electrons. The third-order valence-electron chi connectivity index (χ3n) is 3.59. The maximum Gasteiger partial charge on any atom is 0.272 e. The first-order valence-corrected chi connectivity index (χ1v) is 7.21. The molecule has 0 aromatic carbocycles. The zero-order valence-electron chi connectivity index (χ0n) is 12.3.